The van der Waals surface area contributed by atoms with Crippen molar-refractivity contribution in [1.82, 2.24) is 5.43 Å². The lowest BCUT2D eigenvalue weighted by atomic mass is 10.2. The van der Waals surface area contributed by atoms with Crippen LogP contribution in [0.4, 0.5) is 10.5 Å². The van der Waals surface area contributed by atoms with Crippen molar-refractivity contribution in [2.75, 3.05) is 25.1 Å². The normalized spacial score (nSPS) is 10.6. The van der Waals surface area contributed by atoms with Crippen LogP contribution < -0.4 is 10.3 Å². The summed E-state index contributed by atoms with van der Waals surface area (Å²) < 4.78 is 4.42. The van der Waals surface area contributed by atoms with E-state index in [1.54, 1.807) is 6.21 Å². The van der Waals surface area contributed by atoms with Crippen LogP contribution in [0.25, 0.3) is 0 Å². The predicted molar refractivity (Wildman–Crippen MR) is 82.4 cm³/mol. The first-order valence-electron chi connectivity index (χ1n) is 6.93. The predicted octanol–water partition coefficient (Wildman–Crippen LogP) is 3.00. The van der Waals surface area contributed by atoms with Crippen LogP contribution in [-0.2, 0) is 4.74 Å². The third-order valence-electron chi connectivity index (χ3n) is 2.80. The molecule has 1 aromatic carbocycles. The minimum Gasteiger partial charge on any atom is -0.452 e. The van der Waals surface area contributed by atoms with Gasteiger partial charge in [-0.2, -0.15) is 5.10 Å². The van der Waals surface area contributed by atoms with E-state index in [9.17, 15) is 4.79 Å². The molecule has 0 saturated carbocycles. The molecule has 0 aliphatic rings. The van der Waals surface area contributed by atoms with Gasteiger partial charge >= 0.3 is 6.09 Å². The molecule has 0 aliphatic carbocycles. The van der Waals surface area contributed by atoms with Crippen molar-refractivity contribution in [2.45, 2.75) is 26.7 Å². The molecule has 0 saturated heterocycles. The molecule has 1 aromatic rings. The van der Waals surface area contributed by atoms with Gasteiger partial charge in [-0.3, -0.25) is 0 Å². The van der Waals surface area contributed by atoms with Gasteiger partial charge in [0.05, 0.1) is 13.3 Å². The number of nitrogens with one attached hydrogen (secondary N) is 1. The highest BCUT2D eigenvalue weighted by Gasteiger charge is 2.03. The summed E-state index contributed by atoms with van der Waals surface area (Å²) in [5, 5.41) is 3.80. The number of carbonyl (C=O) groups excluding carboxylic acids is 1. The summed E-state index contributed by atoms with van der Waals surface area (Å²) in [6.07, 6.45) is 3.28. The maximum atomic E-state index is 10.8. The average molecular weight is 277 g/mol. The Morgan fingerprint density at radius 2 is 1.85 bits per heavy atom. The molecular formula is C15H23N3O2. The summed E-state index contributed by atoms with van der Waals surface area (Å²) in [5.74, 6) is 0. The fourth-order valence-corrected chi connectivity index (χ4v) is 1.89. The summed E-state index contributed by atoms with van der Waals surface area (Å²) in [6, 6.07) is 8.11. The van der Waals surface area contributed by atoms with Crippen LogP contribution in [0.2, 0.25) is 0 Å². The maximum absolute atomic E-state index is 10.8. The molecule has 20 heavy (non-hydrogen) atoms. The third kappa shape index (κ3) is 5.30. The van der Waals surface area contributed by atoms with Gasteiger partial charge in [0.2, 0.25) is 0 Å². The summed E-state index contributed by atoms with van der Waals surface area (Å²) in [5.41, 5.74) is 4.40. The van der Waals surface area contributed by atoms with Crippen LogP contribution in [-0.4, -0.2) is 32.5 Å². The van der Waals surface area contributed by atoms with Crippen molar-refractivity contribution in [3.63, 3.8) is 0 Å². The standard InChI is InChI=1S/C15H23N3O2/c1-4-10-18(11-5-2)14-8-6-13(7-9-14)12-16-17-15(19)20-3/h6-9,12H,4-5,10-11H2,1-3H3,(H,17,19)/b16-12-. The monoisotopic (exact) mass is 277 g/mol. The topological polar surface area (TPSA) is 53.9 Å². The Labute approximate surface area is 120 Å². The van der Waals surface area contributed by atoms with E-state index in [0.29, 0.717) is 0 Å². The lowest BCUT2D eigenvalue weighted by Crippen LogP contribution is -2.24. The van der Waals surface area contributed by atoms with Gasteiger partial charge in [-0.25, -0.2) is 10.2 Å². The Balaban J connectivity index is 2.64. The third-order valence-corrected chi connectivity index (χ3v) is 2.80. The zero-order chi connectivity index (χ0) is 14.8. The molecular weight excluding hydrogens is 254 g/mol. The largest absolute Gasteiger partial charge is 0.452 e. The highest BCUT2D eigenvalue weighted by Crippen LogP contribution is 2.15. The molecule has 0 unspecified atom stereocenters. The number of hydrogen-bond donors (Lipinski definition) is 1. The Kier molecular flexibility index (Phi) is 7.17. The van der Waals surface area contributed by atoms with E-state index in [2.05, 4.69) is 46.1 Å². The minimum atomic E-state index is -0.574. The van der Waals surface area contributed by atoms with Crippen molar-refractivity contribution < 1.29 is 9.53 Å². The molecule has 1 rings (SSSR count). The summed E-state index contributed by atoms with van der Waals surface area (Å²) in [4.78, 5) is 13.2. The van der Waals surface area contributed by atoms with E-state index < -0.39 is 6.09 Å². The molecule has 0 fully saturated rings. The first-order chi connectivity index (χ1) is 9.71. The van der Waals surface area contributed by atoms with Crippen LogP contribution in [0.1, 0.15) is 32.3 Å². The van der Waals surface area contributed by atoms with Crippen molar-refractivity contribution >= 4 is 18.0 Å². The van der Waals surface area contributed by atoms with E-state index >= 15 is 0 Å². The number of benzene rings is 1. The minimum absolute atomic E-state index is 0.574. The zero-order valence-corrected chi connectivity index (χ0v) is 12.4. The van der Waals surface area contributed by atoms with Gasteiger partial charge < -0.3 is 9.64 Å². The number of methoxy groups -OCH3 is 1. The van der Waals surface area contributed by atoms with Crippen LogP contribution >= 0.6 is 0 Å². The molecule has 0 heterocycles. The highest BCUT2D eigenvalue weighted by molar-refractivity contribution is 5.81. The van der Waals surface area contributed by atoms with Gasteiger partial charge in [-0.05, 0) is 30.5 Å². The van der Waals surface area contributed by atoms with Gasteiger partial charge in [0.1, 0.15) is 0 Å². The fraction of sp³-hybridized carbons (Fsp3) is 0.467. The molecule has 110 valence electrons. The van der Waals surface area contributed by atoms with Crippen LogP contribution in [0.3, 0.4) is 0 Å². The number of nitrogens with zero attached hydrogens (tertiary/aromatic N) is 2. The van der Waals surface area contributed by atoms with Crippen molar-refractivity contribution in [3.05, 3.63) is 29.8 Å². The summed E-state index contributed by atoms with van der Waals surface area (Å²) >= 11 is 0. The van der Waals surface area contributed by atoms with E-state index in [0.717, 1.165) is 31.5 Å². The van der Waals surface area contributed by atoms with Crippen molar-refractivity contribution in [3.8, 4) is 0 Å². The molecule has 0 spiro atoms. The number of rotatable bonds is 7. The number of anilines is 1. The van der Waals surface area contributed by atoms with Gasteiger partial charge in [0.25, 0.3) is 0 Å². The molecule has 0 aliphatic heterocycles. The molecule has 5 nitrogen and oxygen atoms in total. The van der Waals surface area contributed by atoms with E-state index in [4.69, 9.17) is 0 Å². The van der Waals surface area contributed by atoms with Crippen molar-refractivity contribution in [1.29, 1.82) is 0 Å². The Hall–Kier alpha value is -2.04. The second kappa shape index (κ2) is 8.96. The number of hydrazone groups is 1. The molecule has 1 amide bonds. The molecule has 0 atom stereocenters. The zero-order valence-electron chi connectivity index (χ0n) is 12.4. The first-order valence-corrected chi connectivity index (χ1v) is 6.93. The van der Waals surface area contributed by atoms with Crippen LogP contribution in [0, 0.1) is 0 Å². The SMILES string of the molecule is CCCN(CCC)c1ccc(/C=N\NC(=O)OC)cc1. The quantitative estimate of drug-likeness (QED) is 0.615. The van der Waals surface area contributed by atoms with Gasteiger partial charge in [0, 0.05) is 18.8 Å². The number of carbonyl (C=O) groups is 1. The second-order valence-electron chi connectivity index (χ2n) is 4.44. The average Bonchev–Trinajstić information content (AvgIpc) is 2.47. The van der Waals surface area contributed by atoms with E-state index in [1.807, 2.05) is 12.1 Å². The molecule has 0 aromatic heterocycles. The van der Waals surface area contributed by atoms with E-state index in [-0.39, 0.29) is 0 Å². The fourth-order valence-electron chi connectivity index (χ4n) is 1.89. The highest BCUT2D eigenvalue weighted by atomic mass is 16.5. The molecule has 0 bridgehead atoms. The molecule has 1 N–H and O–H groups in total. The van der Waals surface area contributed by atoms with Gasteiger partial charge in [-0.15, -0.1) is 0 Å². The smallest absolute Gasteiger partial charge is 0.427 e. The lowest BCUT2D eigenvalue weighted by Gasteiger charge is -2.23. The van der Waals surface area contributed by atoms with Crippen LogP contribution in [0.5, 0.6) is 0 Å². The first kappa shape index (κ1) is 16.0. The Morgan fingerprint density at radius 3 is 2.35 bits per heavy atom. The summed E-state index contributed by atoms with van der Waals surface area (Å²) in [7, 11) is 1.30. The van der Waals surface area contributed by atoms with Gasteiger partial charge in [0.15, 0.2) is 0 Å². The van der Waals surface area contributed by atoms with E-state index in [1.165, 1.54) is 12.8 Å². The van der Waals surface area contributed by atoms with Crippen LogP contribution in [0.15, 0.2) is 29.4 Å². The Bertz CT molecular complexity index is 423. The van der Waals surface area contributed by atoms with Crippen molar-refractivity contribution in [2.24, 2.45) is 5.10 Å². The number of amides is 1. The maximum Gasteiger partial charge on any atom is 0.427 e. The molecule has 5 heteroatoms. The molecule has 0 radical (unpaired) electrons. The number of ether oxygens (including phenoxy) is 1. The number of hydrogen-bond acceptors (Lipinski definition) is 4. The van der Waals surface area contributed by atoms with Gasteiger partial charge in [-0.1, -0.05) is 26.0 Å². The Morgan fingerprint density at radius 1 is 1.25 bits per heavy atom. The second-order valence-corrected chi connectivity index (χ2v) is 4.44. The lowest BCUT2D eigenvalue weighted by molar-refractivity contribution is 0.171. The summed E-state index contributed by atoms with van der Waals surface area (Å²) in [6.45, 7) is 6.49.